The highest BCUT2D eigenvalue weighted by atomic mass is 16.4. The van der Waals surface area contributed by atoms with E-state index in [2.05, 4.69) is 33.0 Å². The zero-order valence-electron chi connectivity index (χ0n) is 13.3. The van der Waals surface area contributed by atoms with Crippen LogP contribution in [0.25, 0.3) is 0 Å². The number of anilines is 1. The first-order valence-electron chi connectivity index (χ1n) is 6.98. The zero-order chi connectivity index (χ0) is 16.2. The van der Waals surface area contributed by atoms with Gasteiger partial charge in [-0.05, 0) is 23.5 Å². The van der Waals surface area contributed by atoms with Crippen LogP contribution in [0.3, 0.4) is 0 Å². The number of nitrogens with zero attached hydrogens (tertiary/aromatic N) is 1. The van der Waals surface area contributed by atoms with E-state index in [-0.39, 0.29) is 17.0 Å². The maximum absolute atomic E-state index is 12.2. The van der Waals surface area contributed by atoms with E-state index in [9.17, 15) is 9.59 Å². The molecular weight excluding hydrogens is 268 g/mol. The first kappa shape index (κ1) is 17.0. The maximum atomic E-state index is 12.2. The Labute approximate surface area is 126 Å². The van der Waals surface area contributed by atoms with Crippen molar-refractivity contribution in [1.29, 1.82) is 0 Å². The first-order valence-corrected chi connectivity index (χ1v) is 6.98. The molecular formula is C16H24N2O3. The Bertz CT molecular complexity index is 520. The minimum atomic E-state index is -1.05. The molecule has 21 heavy (non-hydrogen) atoms. The monoisotopic (exact) mass is 292 g/mol. The van der Waals surface area contributed by atoms with E-state index >= 15 is 0 Å². The molecule has 0 saturated carbocycles. The van der Waals surface area contributed by atoms with Crippen LogP contribution < -0.4 is 10.2 Å². The lowest BCUT2D eigenvalue weighted by Crippen LogP contribution is -2.41. The van der Waals surface area contributed by atoms with E-state index in [4.69, 9.17) is 5.11 Å². The summed E-state index contributed by atoms with van der Waals surface area (Å²) in [6.45, 7) is 8.97. The quantitative estimate of drug-likeness (QED) is 0.895. The van der Waals surface area contributed by atoms with Gasteiger partial charge < -0.3 is 10.4 Å². The molecule has 0 aliphatic carbocycles. The molecule has 0 spiro atoms. The Balaban J connectivity index is 2.78. The third kappa shape index (κ3) is 4.48. The van der Waals surface area contributed by atoms with Crippen molar-refractivity contribution in [3.8, 4) is 0 Å². The van der Waals surface area contributed by atoms with Crippen LogP contribution in [-0.2, 0) is 0 Å². The molecule has 2 N–H and O–H groups in total. The summed E-state index contributed by atoms with van der Waals surface area (Å²) in [5, 5.41) is 12.0. The molecule has 0 aliphatic rings. The number of carboxylic acid groups (broad SMARTS) is 1. The second-order valence-electron chi connectivity index (χ2n) is 6.33. The lowest BCUT2D eigenvalue weighted by atomic mass is 9.82. The summed E-state index contributed by atoms with van der Waals surface area (Å²) in [4.78, 5) is 24.7. The normalized spacial score (nSPS) is 12.6. The number of hydrogen-bond acceptors (Lipinski definition) is 2. The number of amides is 2. The highest BCUT2D eigenvalue weighted by molar-refractivity contribution is 6.01. The third-order valence-electron chi connectivity index (χ3n) is 3.84. The predicted octanol–water partition coefficient (Wildman–Crippen LogP) is 3.21. The molecule has 0 fully saturated rings. The van der Waals surface area contributed by atoms with Gasteiger partial charge in [0.1, 0.15) is 0 Å². The van der Waals surface area contributed by atoms with Crippen LogP contribution in [0.4, 0.5) is 10.5 Å². The van der Waals surface area contributed by atoms with Crippen molar-refractivity contribution in [3.63, 3.8) is 0 Å². The van der Waals surface area contributed by atoms with Crippen LogP contribution in [0.15, 0.2) is 24.3 Å². The molecule has 5 nitrogen and oxygen atoms in total. The third-order valence-corrected chi connectivity index (χ3v) is 3.84. The van der Waals surface area contributed by atoms with Crippen molar-refractivity contribution in [2.75, 3.05) is 18.5 Å². The molecule has 2 amide bonds. The van der Waals surface area contributed by atoms with Crippen LogP contribution in [0.1, 0.15) is 38.1 Å². The smallest absolute Gasteiger partial charge is 0.337 e. The van der Waals surface area contributed by atoms with Crippen molar-refractivity contribution in [2.24, 2.45) is 11.3 Å². The summed E-state index contributed by atoms with van der Waals surface area (Å²) in [6.07, 6.45) is 0. The van der Waals surface area contributed by atoms with Crippen molar-refractivity contribution in [2.45, 2.75) is 27.7 Å². The summed E-state index contributed by atoms with van der Waals surface area (Å²) in [6, 6.07) is 6.15. The van der Waals surface area contributed by atoms with Gasteiger partial charge in [0.15, 0.2) is 0 Å². The van der Waals surface area contributed by atoms with Gasteiger partial charge in [0.25, 0.3) is 0 Å². The van der Waals surface area contributed by atoms with Crippen molar-refractivity contribution in [1.82, 2.24) is 5.32 Å². The Morgan fingerprint density at radius 1 is 1.29 bits per heavy atom. The topological polar surface area (TPSA) is 69.6 Å². The fourth-order valence-electron chi connectivity index (χ4n) is 1.72. The van der Waals surface area contributed by atoms with E-state index in [1.807, 2.05) is 0 Å². The molecule has 0 heterocycles. The molecule has 1 aromatic rings. The van der Waals surface area contributed by atoms with E-state index in [0.29, 0.717) is 18.2 Å². The van der Waals surface area contributed by atoms with Gasteiger partial charge in [0.05, 0.1) is 11.3 Å². The molecule has 0 radical (unpaired) electrons. The fraction of sp³-hybridized carbons (Fsp3) is 0.500. The van der Waals surface area contributed by atoms with Gasteiger partial charge in [-0.1, -0.05) is 39.8 Å². The Hall–Kier alpha value is -2.04. The number of urea groups is 1. The summed E-state index contributed by atoms with van der Waals surface area (Å²) < 4.78 is 0. The average Bonchev–Trinajstić information content (AvgIpc) is 2.42. The fourth-order valence-corrected chi connectivity index (χ4v) is 1.72. The lowest BCUT2D eigenvalue weighted by molar-refractivity contribution is 0.0697. The summed E-state index contributed by atoms with van der Waals surface area (Å²) in [5.41, 5.74) is 0.593. The zero-order valence-corrected chi connectivity index (χ0v) is 13.3. The van der Waals surface area contributed by atoms with Crippen LogP contribution in [0.2, 0.25) is 0 Å². The largest absolute Gasteiger partial charge is 0.478 e. The molecule has 1 unspecified atom stereocenters. The van der Waals surface area contributed by atoms with Gasteiger partial charge in [-0.15, -0.1) is 0 Å². The standard InChI is InChI=1S/C16H24N2O3/c1-11(16(2,3)4)10-17-15(21)18(5)13-9-7-6-8-12(13)14(19)20/h6-9,11H,10H2,1-5H3,(H,17,21)(H,19,20). The van der Waals surface area contributed by atoms with E-state index in [0.717, 1.165) is 0 Å². The molecule has 0 saturated heterocycles. The highest BCUT2D eigenvalue weighted by Gasteiger charge is 2.22. The van der Waals surface area contributed by atoms with Crippen molar-refractivity contribution < 1.29 is 14.7 Å². The van der Waals surface area contributed by atoms with Gasteiger partial charge in [-0.2, -0.15) is 0 Å². The van der Waals surface area contributed by atoms with Gasteiger partial charge in [-0.25, -0.2) is 9.59 Å². The number of rotatable bonds is 4. The number of aromatic carboxylic acids is 1. The Kier molecular flexibility index (Phi) is 5.35. The van der Waals surface area contributed by atoms with Gasteiger partial charge in [-0.3, -0.25) is 4.90 Å². The summed E-state index contributed by atoms with van der Waals surface area (Å²) in [7, 11) is 1.57. The number of hydrogen-bond donors (Lipinski definition) is 2. The number of nitrogens with one attached hydrogen (secondary N) is 1. The predicted molar refractivity (Wildman–Crippen MR) is 83.8 cm³/mol. The lowest BCUT2D eigenvalue weighted by Gasteiger charge is -2.28. The van der Waals surface area contributed by atoms with E-state index in [1.54, 1.807) is 25.2 Å². The Morgan fingerprint density at radius 3 is 2.38 bits per heavy atom. The molecule has 116 valence electrons. The van der Waals surface area contributed by atoms with Crippen LogP contribution in [0, 0.1) is 11.3 Å². The SMILES string of the molecule is CC(CNC(=O)N(C)c1ccccc1C(=O)O)C(C)(C)C. The minimum Gasteiger partial charge on any atom is -0.478 e. The number of para-hydroxylation sites is 1. The number of benzene rings is 1. The van der Waals surface area contributed by atoms with E-state index in [1.165, 1.54) is 11.0 Å². The highest BCUT2D eigenvalue weighted by Crippen LogP contribution is 2.24. The number of carbonyl (C=O) groups is 2. The Morgan fingerprint density at radius 2 is 1.86 bits per heavy atom. The van der Waals surface area contributed by atoms with Crippen molar-refractivity contribution >= 4 is 17.7 Å². The maximum Gasteiger partial charge on any atom is 0.337 e. The molecule has 0 bridgehead atoms. The summed E-state index contributed by atoms with van der Waals surface area (Å²) >= 11 is 0. The molecule has 1 atom stereocenters. The second kappa shape index (κ2) is 6.61. The molecule has 0 aromatic heterocycles. The van der Waals surface area contributed by atoms with Gasteiger partial charge >= 0.3 is 12.0 Å². The molecule has 1 aromatic carbocycles. The number of carboxylic acids is 1. The molecule has 5 heteroatoms. The first-order chi connectivity index (χ1) is 9.64. The van der Waals surface area contributed by atoms with Crippen LogP contribution in [0.5, 0.6) is 0 Å². The average molecular weight is 292 g/mol. The van der Waals surface area contributed by atoms with Gasteiger partial charge in [0.2, 0.25) is 0 Å². The van der Waals surface area contributed by atoms with E-state index < -0.39 is 5.97 Å². The molecule has 0 aliphatic heterocycles. The van der Waals surface area contributed by atoms with Gasteiger partial charge in [0, 0.05) is 13.6 Å². The van der Waals surface area contributed by atoms with Crippen molar-refractivity contribution in [3.05, 3.63) is 29.8 Å². The second-order valence-corrected chi connectivity index (χ2v) is 6.33. The van der Waals surface area contributed by atoms with Crippen LogP contribution >= 0.6 is 0 Å². The number of carbonyl (C=O) groups excluding carboxylic acids is 1. The summed E-state index contributed by atoms with van der Waals surface area (Å²) in [5.74, 6) is -0.738. The minimum absolute atomic E-state index is 0.102. The molecule has 1 rings (SSSR count). The van der Waals surface area contributed by atoms with Crippen LogP contribution in [-0.4, -0.2) is 30.7 Å².